The molecule has 0 atom stereocenters. The zero-order chi connectivity index (χ0) is 12.6. The first-order valence-electron chi connectivity index (χ1n) is 5.85. The molecule has 0 heterocycles. The number of nitrogens with two attached hydrogens (primary N) is 2. The molecule has 0 spiro atoms. The van der Waals surface area contributed by atoms with Gasteiger partial charge < -0.3 is 16.4 Å². The van der Waals surface area contributed by atoms with Crippen LogP contribution in [0.3, 0.4) is 0 Å². The maximum Gasteiger partial charge on any atom is 0.169 e. The Bertz CT molecular complexity index is 432. The molecule has 2 rings (SSSR count). The van der Waals surface area contributed by atoms with Crippen molar-refractivity contribution >= 4 is 28.7 Å². The number of nitrogens with zero attached hydrogens (tertiary/aromatic N) is 1. The maximum atomic E-state index is 14.2. The summed E-state index contributed by atoms with van der Waals surface area (Å²) in [6.07, 6.45) is 3.11. The van der Waals surface area contributed by atoms with Crippen LogP contribution in [-0.4, -0.2) is 12.6 Å². The van der Waals surface area contributed by atoms with E-state index in [-0.39, 0.29) is 10.7 Å². The molecule has 94 valence electrons. The summed E-state index contributed by atoms with van der Waals surface area (Å²) in [6.45, 7) is 2.84. The van der Waals surface area contributed by atoms with Crippen molar-refractivity contribution in [2.24, 2.45) is 0 Å². The lowest BCUT2D eigenvalue weighted by Crippen LogP contribution is -2.28. The minimum atomic E-state index is -0.496. The van der Waals surface area contributed by atoms with E-state index in [1.54, 1.807) is 0 Å². The second kappa shape index (κ2) is 4.61. The summed E-state index contributed by atoms with van der Waals surface area (Å²) < 4.78 is 14.2. The summed E-state index contributed by atoms with van der Waals surface area (Å²) in [5.74, 6) is -0.496. The second-order valence-electron chi connectivity index (χ2n) is 4.46. The van der Waals surface area contributed by atoms with Gasteiger partial charge in [-0.25, -0.2) is 4.39 Å². The van der Waals surface area contributed by atoms with E-state index in [4.69, 9.17) is 23.1 Å². The zero-order valence-corrected chi connectivity index (χ0v) is 10.6. The van der Waals surface area contributed by atoms with Gasteiger partial charge in [0, 0.05) is 12.6 Å². The second-order valence-corrected chi connectivity index (χ2v) is 4.83. The zero-order valence-electron chi connectivity index (χ0n) is 9.84. The summed E-state index contributed by atoms with van der Waals surface area (Å²) in [4.78, 5) is 2.01. The van der Waals surface area contributed by atoms with Crippen molar-refractivity contribution in [1.82, 2.24) is 0 Å². The molecule has 0 unspecified atom stereocenters. The highest BCUT2D eigenvalue weighted by Gasteiger charge is 2.32. The SMILES string of the molecule is CCCN(c1c(N)cc(N)c(Cl)c1F)C1CC1. The standard InChI is InChI=1S/C12H17ClFN3/c1-2-5-17(7-3-4-7)12-9(16)6-8(15)10(13)11(12)14/h6-7H,2-5,15-16H2,1H3. The predicted octanol–water partition coefficient (Wildman–Crippen LogP) is 3.02. The van der Waals surface area contributed by atoms with E-state index in [1.165, 1.54) is 6.07 Å². The Morgan fingerprint density at radius 1 is 1.41 bits per heavy atom. The topological polar surface area (TPSA) is 55.3 Å². The molecule has 0 saturated heterocycles. The number of benzene rings is 1. The largest absolute Gasteiger partial charge is 0.397 e. The van der Waals surface area contributed by atoms with Gasteiger partial charge in [0.1, 0.15) is 5.02 Å². The third-order valence-corrected chi connectivity index (χ3v) is 3.36. The van der Waals surface area contributed by atoms with Crippen molar-refractivity contribution in [2.45, 2.75) is 32.2 Å². The van der Waals surface area contributed by atoms with Gasteiger partial charge in [-0.3, -0.25) is 0 Å². The van der Waals surface area contributed by atoms with Gasteiger partial charge in [0.15, 0.2) is 5.82 Å². The van der Waals surface area contributed by atoms with E-state index in [9.17, 15) is 4.39 Å². The first kappa shape index (κ1) is 12.3. The average Bonchev–Trinajstić information content (AvgIpc) is 3.09. The summed E-state index contributed by atoms with van der Waals surface area (Å²) >= 11 is 5.84. The van der Waals surface area contributed by atoms with Gasteiger partial charge in [-0.15, -0.1) is 0 Å². The number of nitrogen functional groups attached to an aromatic ring is 2. The Balaban J connectivity index is 2.45. The minimum Gasteiger partial charge on any atom is -0.397 e. The molecule has 17 heavy (non-hydrogen) atoms. The molecule has 0 bridgehead atoms. The van der Waals surface area contributed by atoms with Crippen LogP contribution in [0.2, 0.25) is 5.02 Å². The summed E-state index contributed by atoms with van der Waals surface area (Å²) in [6, 6.07) is 1.93. The Hall–Kier alpha value is -1.16. The van der Waals surface area contributed by atoms with Crippen molar-refractivity contribution in [2.75, 3.05) is 22.9 Å². The number of rotatable bonds is 4. The van der Waals surface area contributed by atoms with Crippen LogP contribution in [-0.2, 0) is 0 Å². The van der Waals surface area contributed by atoms with Crippen molar-refractivity contribution < 1.29 is 4.39 Å². The third-order valence-electron chi connectivity index (χ3n) is 2.98. The molecule has 0 aliphatic heterocycles. The number of hydrogen-bond acceptors (Lipinski definition) is 3. The van der Waals surface area contributed by atoms with E-state index < -0.39 is 5.82 Å². The fraction of sp³-hybridized carbons (Fsp3) is 0.500. The molecule has 0 amide bonds. The van der Waals surface area contributed by atoms with Crippen molar-refractivity contribution in [3.63, 3.8) is 0 Å². The quantitative estimate of drug-likeness (QED) is 0.816. The molecule has 4 N–H and O–H groups in total. The summed E-state index contributed by atoms with van der Waals surface area (Å²) in [5, 5.41) is -0.0315. The maximum absolute atomic E-state index is 14.2. The van der Waals surface area contributed by atoms with Crippen molar-refractivity contribution in [3.05, 3.63) is 16.9 Å². The van der Waals surface area contributed by atoms with Gasteiger partial charge in [-0.05, 0) is 25.3 Å². The van der Waals surface area contributed by atoms with Crippen LogP contribution < -0.4 is 16.4 Å². The van der Waals surface area contributed by atoms with Crippen LogP contribution in [0.5, 0.6) is 0 Å². The van der Waals surface area contributed by atoms with Crippen LogP contribution in [0.1, 0.15) is 26.2 Å². The lowest BCUT2D eigenvalue weighted by atomic mass is 10.2. The van der Waals surface area contributed by atoms with Gasteiger partial charge in [-0.1, -0.05) is 18.5 Å². The third kappa shape index (κ3) is 2.27. The van der Waals surface area contributed by atoms with E-state index >= 15 is 0 Å². The monoisotopic (exact) mass is 257 g/mol. The molecule has 1 saturated carbocycles. The molecular weight excluding hydrogens is 241 g/mol. The Labute approximate surface area is 106 Å². The van der Waals surface area contributed by atoms with Crippen LogP contribution >= 0.6 is 11.6 Å². The van der Waals surface area contributed by atoms with E-state index in [2.05, 4.69) is 6.92 Å². The molecule has 0 radical (unpaired) electrons. The van der Waals surface area contributed by atoms with Crippen molar-refractivity contribution in [3.8, 4) is 0 Å². The van der Waals surface area contributed by atoms with Crippen LogP contribution in [0.4, 0.5) is 21.5 Å². The van der Waals surface area contributed by atoms with Gasteiger partial charge in [-0.2, -0.15) is 0 Å². The smallest absolute Gasteiger partial charge is 0.169 e. The molecule has 1 fully saturated rings. The first-order chi connectivity index (χ1) is 8.06. The van der Waals surface area contributed by atoms with Gasteiger partial charge in [0.25, 0.3) is 0 Å². The lowest BCUT2D eigenvalue weighted by molar-refractivity contribution is 0.615. The van der Waals surface area contributed by atoms with E-state index in [0.717, 1.165) is 25.8 Å². The Morgan fingerprint density at radius 3 is 2.59 bits per heavy atom. The van der Waals surface area contributed by atoms with Crippen molar-refractivity contribution in [1.29, 1.82) is 0 Å². The Kier molecular flexibility index (Phi) is 3.33. The van der Waals surface area contributed by atoms with Crippen LogP contribution in [0, 0.1) is 5.82 Å². The number of anilines is 3. The highest BCUT2D eigenvalue weighted by molar-refractivity contribution is 6.33. The molecule has 3 nitrogen and oxygen atoms in total. The number of halogens is 2. The molecule has 5 heteroatoms. The molecule has 1 aliphatic carbocycles. The molecule has 0 aromatic heterocycles. The van der Waals surface area contributed by atoms with Gasteiger partial charge in [0.05, 0.1) is 17.1 Å². The average molecular weight is 258 g/mol. The normalized spacial score (nSPS) is 15.0. The number of hydrogen-bond donors (Lipinski definition) is 2. The fourth-order valence-corrected chi connectivity index (χ4v) is 2.20. The van der Waals surface area contributed by atoms with Gasteiger partial charge >= 0.3 is 0 Å². The predicted molar refractivity (Wildman–Crippen MR) is 70.9 cm³/mol. The molecule has 1 aromatic rings. The molecular formula is C12H17ClFN3. The van der Waals surface area contributed by atoms with E-state index in [1.807, 2.05) is 4.90 Å². The summed E-state index contributed by atoms with van der Waals surface area (Å²) in [7, 11) is 0. The highest BCUT2D eigenvalue weighted by atomic mass is 35.5. The fourth-order valence-electron chi connectivity index (χ4n) is 2.05. The lowest BCUT2D eigenvalue weighted by Gasteiger charge is -2.26. The van der Waals surface area contributed by atoms with Crippen LogP contribution in [0.25, 0.3) is 0 Å². The van der Waals surface area contributed by atoms with Crippen LogP contribution in [0.15, 0.2) is 6.07 Å². The minimum absolute atomic E-state index is 0.0315. The first-order valence-corrected chi connectivity index (χ1v) is 6.23. The molecule has 1 aliphatic rings. The Morgan fingerprint density at radius 2 is 2.06 bits per heavy atom. The summed E-state index contributed by atoms with van der Waals surface area (Å²) in [5.41, 5.74) is 12.4. The highest BCUT2D eigenvalue weighted by Crippen LogP contribution is 2.41. The molecule has 1 aromatic carbocycles. The van der Waals surface area contributed by atoms with Gasteiger partial charge in [0.2, 0.25) is 0 Å². The van der Waals surface area contributed by atoms with E-state index in [0.29, 0.717) is 17.4 Å².